The van der Waals surface area contributed by atoms with Gasteiger partial charge < -0.3 is 0 Å². The highest BCUT2D eigenvalue weighted by atomic mass is 32.2. The molecule has 3 nitrogen and oxygen atoms in total. The molecule has 5 atom stereocenters. The van der Waals surface area contributed by atoms with Gasteiger partial charge in [0.1, 0.15) is 0 Å². The smallest absolute Gasteiger partial charge is 0.157 e. The fraction of sp³-hybridized carbons (Fsp3) is 0.933. The number of hydrogen-bond acceptors (Lipinski definition) is 3. The maximum absolute atomic E-state index is 12.8. The van der Waals surface area contributed by atoms with Crippen LogP contribution in [-0.2, 0) is 9.84 Å². The van der Waals surface area contributed by atoms with Crippen LogP contribution in [0.1, 0.15) is 58.8 Å². The van der Waals surface area contributed by atoms with Crippen LogP contribution in [-0.4, -0.2) is 18.9 Å². The molecular formula is C15H25NO2S. The molecule has 0 saturated heterocycles. The zero-order valence-electron chi connectivity index (χ0n) is 12.0. The van der Waals surface area contributed by atoms with Gasteiger partial charge in [0.25, 0.3) is 0 Å². The topological polar surface area (TPSA) is 57.9 Å². The molecule has 0 radical (unpaired) electrons. The van der Waals surface area contributed by atoms with Gasteiger partial charge in [0.05, 0.1) is 22.5 Å². The maximum atomic E-state index is 12.8. The van der Waals surface area contributed by atoms with Crippen LogP contribution in [0.5, 0.6) is 0 Å². The van der Waals surface area contributed by atoms with E-state index in [2.05, 4.69) is 19.9 Å². The summed E-state index contributed by atoms with van der Waals surface area (Å²) in [6, 6.07) is 2.25. The normalized spacial score (nSPS) is 40.6. The van der Waals surface area contributed by atoms with E-state index in [9.17, 15) is 13.7 Å². The quantitative estimate of drug-likeness (QED) is 0.781. The second-order valence-electron chi connectivity index (χ2n) is 6.68. The number of nitrogens with zero attached hydrogens (tertiary/aromatic N) is 1. The van der Waals surface area contributed by atoms with E-state index in [0.717, 1.165) is 38.5 Å². The van der Waals surface area contributed by atoms with Crippen molar-refractivity contribution in [3.63, 3.8) is 0 Å². The van der Waals surface area contributed by atoms with Gasteiger partial charge in [0, 0.05) is 0 Å². The first-order valence-corrected chi connectivity index (χ1v) is 9.18. The minimum atomic E-state index is -3.13. The van der Waals surface area contributed by atoms with Crippen molar-refractivity contribution in [1.82, 2.24) is 0 Å². The van der Waals surface area contributed by atoms with E-state index < -0.39 is 15.1 Å². The Balaban J connectivity index is 2.19. The van der Waals surface area contributed by atoms with Crippen molar-refractivity contribution in [3.05, 3.63) is 0 Å². The second-order valence-corrected chi connectivity index (χ2v) is 9.13. The Kier molecular flexibility index (Phi) is 4.55. The van der Waals surface area contributed by atoms with Gasteiger partial charge in [-0.1, -0.05) is 26.7 Å². The molecule has 2 saturated carbocycles. The predicted molar refractivity (Wildman–Crippen MR) is 76.2 cm³/mol. The van der Waals surface area contributed by atoms with Crippen molar-refractivity contribution < 1.29 is 8.42 Å². The Morgan fingerprint density at radius 2 is 1.68 bits per heavy atom. The summed E-state index contributed by atoms with van der Waals surface area (Å²) in [6.45, 7) is 4.26. The minimum absolute atomic E-state index is 0.192. The molecule has 0 amide bonds. The van der Waals surface area contributed by atoms with Crippen LogP contribution in [0.4, 0.5) is 0 Å². The zero-order chi connectivity index (χ0) is 14.0. The molecule has 2 aliphatic rings. The highest BCUT2D eigenvalue weighted by Crippen LogP contribution is 2.38. The Hall–Kier alpha value is -0.560. The third kappa shape index (κ3) is 3.13. The number of sulfone groups is 1. The van der Waals surface area contributed by atoms with Crippen LogP contribution >= 0.6 is 0 Å². The average molecular weight is 283 g/mol. The second kappa shape index (κ2) is 5.83. The van der Waals surface area contributed by atoms with Crippen LogP contribution < -0.4 is 0 Å². The van der Waals surface area contributed by atoms with Gasteiger partial charge in [0.15, 0.2) is 9.84 Å². The summed E-state index contributed by atoms with van der Waals surface area (Å²) in [5, 5.41) is 8.65. The summed E-state index contributed by atoms with van der Waals surface area (Å²) >= 11 is 0. The molecule has 0 aromatic heterocycles. The van der Waals surface area contributed by atoms with Crippen molar-refractivity contribution in [1.29, 1.82) is 5.26 Å². The van der Waals surface area contributed by atoms with Gasteiger partial charge in [-0.25, -0.2) is 8.42 Å². The van der Waals surface area contributed by atoms with Crippen molar-refractivity contribution >= 4 is 9.84 Å². The number of rotatable bonds is 2. The van der Waals surface area contributed by atoms with Gasteiger partial charge in [-0.15, -0.1) is 0 Å². The molecule has 108 valence electrons. The molecule has 0 heterocycles. The van der Waals surface area contributed by atoms with E-state index in [4.69, 9.17) is 0 Å². The molecule has 0 spiro atoms. The lowest BCUT2D eigenvalue weighted by Crippen LogP contribution is -2.42. The van der Waals surface area contributed by atoms with Crippen LogP contribution in [0.15, 0.2) is 0 Å². The van der Waals surface area contributed by atoms with Crippen LogP contribution in [0.2, 0.25) is 0 Å². The average Bonchev–Trinajstić information content (AvgIpc) is 2.38. The van der Waals surface area contributed by atoms with Gasteiger partial charge in [0.2, 0.25) is 0 Å². The van der Waals surface area contributed by atoms with Crippen molar-refractivity contribution in [2.24, 2.45) is 17.8 Å². The minimum Gasteiger partial charge on any atom is -0.228 e. The monoisotopic (exact) mass is 283 g/mol. The first-order chi connectivity index (χ1) is 8.95. The first-order valence-electron chi connectivity index (χ1n) is 7.57. The third-order valence-electron chi connectivity index (χ3n) is 4.99. The fourth-order valence-corrected chi connectivity index (χ4v) is 6.60. The van der Waals surface area contributed by atoms with Crippen molar-refractivity contribution in [3.8, 4) is 6.07 Å². The maximum Gasteiger partial charge on any atom is 0.157 e. The highest BCUT2D eigenvalue weighted by molar-refractivity contribution is 7.92. The zero-order valence-corrected chi connectivity index (χ0v) is 12.8. The summed E-state index contributed by atoms with van der Waals surface area (Å²) in [6.07, 6.45) is 6.20. The largest absolute Gasteiger partial charge is 0.228 e. The van der Waals surface area contributed by atoms with E-state index in [0.29, 0.717) is 18.3 Å². The van der Waals surface area contributed by atoms with Crippen molar-refractivity contribution in [2.75, 3.05) is 0 Å². The molecule has 2 rings (SSSR count). The Bertz CT molecular complexity index is 451. The highest BCUT2D eigenvalue weighted by Gasteiger charge is 2.42. The summed E-state index contributed by atoms with van der Waals surface area (Å²) in [4.78, 5) is 0. The lowest BCUT2D eigenvalue weighted by atomic mass is 9.83. The van der Waals surface area contributed by atoms with Gasteiger partial charge >= 0.3 is 0 Å². The van der Waals surface area contributed by atoms with Gasteiger partial charge in [-0.2, -0.15) is 5.26 Å². The third-order valence-corrected chi connectivity index (χ3v) is 7.72. The fourth-order valence-electron chi connectivity index (χ4n) is 3.76. The van der Waals surface area contributed by atoms with E-state index in [-0.39, 0.29) is 11.2 Å². The molecule has 0 N–H and O–H groups in total. The SMILES string of the molecule is CC1CCCC(S(=O)(=O)C2CC(C)CCC2C#N)C1. The molecule has 0 aliphatic heterocycles. The molecule has 0 aromatic carbocycles. The Morgan fingerprint density at radius 3 is 2.32 bits per heavy atom. The van der Waals surface area contributed by atoms with Crippen LogP contribution in [0.3, 0.4) is 0 Å². The Morgan fingerprint density at radius 1 is 1.00 bits per heavy atom. The van der Waals surface area contributed by atoms with E-state index in [1.807, 2.05) is 0 Å². The summed E-state index contributed by atoms with van der Waals surface area (Å²) in [5.74, 6) is 0.666. The summed E-state index contributed by atoms with van der Waals surface area (Å²) < 4.78 is 25.7. The molecule has 0 bridgehead atoms. The number of nitriles is 1. The van der Waals surface area contributed by atoms with Crippen LogP contribution in [0, 0.1) is 29.1 Å². The lowest BCUT2D eigenvalue weighted by molar-refractivity contribution is 0.325. The standard InChI is InChI=1S/C15H25NO2S/c1-11-4-3-5-14(8-11)19(17,18)15-9-12(2)6-7-13(15)10-16/h11-15H,3-9H2,1-2H3. The van der Waals surface area contributed by atoms with Crippen LogP contribution in [0.25, 0.3) is 0 Å². The molecule has 5 unspecified atom stereocenters. The molecule has 2 aliphatic carbocycles. The van der Waals surface area contributed by atoms with E-state index in [1.165, 1.54) is 0 Å². The molecule has 0 aromatic rings. The van der Waals surface area contributed by atoms with Crippen molar-refractivity contribution in [2.45, 2.75) is 69.3 Å². The molecule has 4 heteroatoms. The first kappa shape index (κ1) is 14.8. The van der Waals surface area contributed by atoms with Gasteiger partial charge in [-0.05, 0) is 43.9 Å². The summed E-state index contributed by atoms with van der Waals surface area (Å²) in [7, 11) is -3.13. The molecular weight excluding hydrogens is 258 g/mol. The van der Waals surface area contributed by atoms with Gasteiger partial charge in [-0.3, -0.25) is 0 Å². The van der Waals surface area contributed by atoms with E-state index >= 15 is 0 Å². The molecule has 2 fully saturated rings. The summed E-state index contributed by atoms with van der Waals surface area (Å²) in [5.41, 5.74) is 0. The lowest BCUT2D eigenvalue weighted by Gasteiger charge is -2.35. The Labute approximate surface area is 117 Å². The number of hydrogen-bond donors (Lipinski definition) is 0. The van der Waals surface area contributed by atoms with E-state index in [1.54, 1.807) is 0 Å². The molecule has 19 heavy (non-hydrogen) atoms. The predicted octanol–water partition coefficient (Wildman–Crippen LogP) is 3.31.